The van der Waals surface area contributed by atoms with E-state index in [1.54, 1.807) is 6.92 Å². The van der Waals surface area contributed by atoms with Crippen LogP contribution in [0.2, 0.25) is 0 Å². The number of carboxylic acids is 1. The van der Waals surface area contributed by atoms with Gasteiger partial charge in [-0.3, -0.25) is 9.59 Å². The normalized spacial score (nSPS) is 12.4. The fraction of sp³-hybridized carbons (Fsp3) is 0.615. The summed E-state index contributed by atoms with van der Waals surface area (Å²) in [6.07, 6.45) is 0.818. The predicted molar refractivity (Wildman–Crippen MR) is 78.8 cm³/mol. The van der Waals surface area contributed by atoms with E-state index in [0.717, 1.165) is 17.8 Å². The maximum absolute atomic E-state index is 12.0. The van der Waals surface area contributed by atoms with Crippen LogP contribution in [-0.2, 0) is 4.79 Å². The molecule has 4 N–H and O–H groups in total. The molecule has 0 aliphatic rings. The Balaban J connectivity index is 2.60. The van der Waals surface area contributed by atoms with Gasteiger partial charge in [0, 0.05) is 13.0 Å². The van der Waals surface area contributed by atoms with Crippen molar-refractivity contribution in [3.8, 4) is 0 Å². The first-order valence-electron chi connectivity index (χ1n) is 6.52. The summed E-state index contributed by atoms with van der Waals surface area (Å²) in [6, 6.07) is 0. The summed E-state index contributed by atoms with van der Waals surface area (Å²) >= 11 is 1.14. The van der Waals surface area contributed by atoms with Crippen LogP contribution in [0.15, 0.2) is 0 Å². The number of aliphatic carboxylic acids is 1. The smallest absolute Gasteiger partial charge is 0.303 e. The number of aryl methyl sites for hydroxylation is 1. The van der Waals surface area contributed by atoms with E-state index >= 15 is 0 Å². The number of aromatic nitrogens is 1. The quantitative estimate of drug-likeness (QED) is 0.713. The van der Waals surface area contributed by atoms with E-state index in [0.29, 0.717) is 28.2 Å². The average Bonchev–Trinajstić information content (AvgIpc) is 2.63. The Morgan fingerprint density at radius 2 is 2.10 bits per heavy atom. The first-order valence-corrected chi connectivity index (χ1v) is 7.34. The number of nitrogen functional groups attached to an aromatic ring is 1. The van der Waals surface area contributed by atoms with Crippen LogP contribution >= 0.6 is 11.3 Å². The van der Waals surface area contributed by atoms with Crippen molar-refractivity contribution in [3.63, 3.8) is 0 Å². The number of carbonyl (C=O) groups is 2. The first kappa shape index (κ1) is 16.4. The van der Waals surface area contributed by atoms with Gasteiger partial charge >= 0.3 is 5.97 Å². The van der Waals surface area contributed by atoms with E-state index < -0.39 is 5.97 Å². The van der Waals surface area contributed by atoms with E-state index in [1.807, 2.05) is 13.8 Å². The zero-order chi connectivity index (χ0) is 15.3. The second-order valence-electron chi connectivity index (χ2n) is 5.27. The molecule has 20 heavy (non-hydrogen) atoms. The summed E-state index contributed by atoms with van der Waals surface area (Å²) in [7, 11) is 0. The Hall–Kier alpha value is -1.63. The number of nitrogens with two attached hydrogens (primary N) is 1. The van der Waals surface area contributed by atoms with Gasteiger partial charge in [-0.05, 0) is 25.2 Å². The minimum Gasteiger partial charge on any atom is -0.481 e. The Morgan fingerprint density at radius 3 is 2.55 bits per heavy atom. The number of hydrogen-bond donors (Lipinski definition) is 3. The molecule has 0 spiro atoms. The van der Waals surface area contributed by atoms with Crippen LogP contribution in [0.3, 0.4) is 0 Å². The molecule has 0 aliphatic carbocycles. The lowest BCUT2D eigenvalue weighted by Crippen LogP contribution is -2.31. The highest BCUT2D eigenvalue weighted by atomic mass is 32.1. The third-order valence-corrected chi connectivity index (χ3v) is 3.82. The summed E-state index contributed by atoms with van der Waals surface area (Å²) in [6.45, 7) is 6.14. The molecule has 1 aromatic heterocycles. The van der Waals surface area contributed by atoms with E-state index in [2.05, 4.69) is 10.3 Å². The van der Waals surface area contributed by atoms with E-state index in [9.17, 15) is 9.59 Å². The van der Waals surface area contributed by atoms with Gasteiger partial charge in [0.15, 0.2) is 5.13 Å². The molecule has 1 aromatic rings. The van der Waals surface area contributed by atoms with Crippen LogP contribution in [0.4, 0.5) is 5.13 Å². The number of hydrogen-bond acceptors (Lipinski definition) is 5. The largest absolute Gasteiger partial charge is 0.481 e. The molecule has 0 fully saturated rings. The molecule has 0 aliphatic heterocycles. The first-order chi connectivity index (χ1) is 9.29. The molecule has 1 atom stereocenters. The van der Waals surface area contributed by atoms with Gasteiger partial charge in [0.05, 0.1) is 5.69 Å². The molecule has 0 saturated heterocycles. The minimum atomic E-state index is -0.844. The lowest BCUT2D eigenvalue weighted by atomic mass is 9.94. The molecule has 1 amide bonds. The molecule has 0 saturated carbocycles. The van der Waals surface area contributed by atoms with Gasteiger partial charge in [-0.2, -0.15) is 0 Å². The van der Waals surface area contributed by atoms with Crippen LogP contribution in [0, 0.1) is 18.8 Å². The van der Waals surface area contributed by atoms with Crippen molar-refractivity contribution in [2.24, 2.45) is 11.8 Å². The van der Waals surface area contributed by atoms with Crippen LogP contribution < -0.4 is 11.1 Å². The van der Waals surface area contributed by atoms with Gasteiger partial charge in [0.2, 0.25) is 0 Å². The number of carbonyl (C=O) groups excluding carboxylic acids is 1. The Labute approximate surface area is 122 Å². The van der Waals surface area contributed by atoms with E-state index in [1.165, 1.54) is 0 Å². The van der Waals surface area contributed by atoms with Gasteiger partial charge in [-0.15, -0.1) is 0 Å². The van der Waals surface area contributed by atoms with Crippen molar-refractivity contribution in [2.75, 3.05) is 12.3 Å². The standard InChI is InChI=1S/C13H21N3O3S/c1-7(2)4-9(5-10(17)18)6-15-12(19)11-8(3)16-13(14)20-11/h7,9H,4-6H2,1-3H3,(H2,14,16)(H,15,19)(H,17,18)/t9-/m0/s1. The number of nitrogens with zero attached hydrogens (tertiary/aromatic N) is 1. The third-order valence-electron chi connectivity index (χ3n) is 2.84. The molecule has 0 aromatic carbocycles. The van der Waals surface area contributed by atoms with Crippen molar-refractivity contribution in [1.29, 1.82) is 0 Å². The van der Waals surface area contributed by atoms with Crippen molar-refractivity contribution in [1.82, 2.24) is 10.3 Å². The van der Waals surface area contributed by atoms with Crippen LogP contribution in [-0.4, -0.2) is 28.5 Å². The fourth-order valence-corrected chi connectivity index (χ4v) is 2.85. The van der Waals surface area contributed by atoms with Crippen LogP contribution in [0.5, 0.6) is 0 Å². The fourth-order valence-electron chi connectivity index (χ4n) is 2.10. The molecule has 6 nitrogen and oxygen atoms in total. The Bertz CT molecular complexity index is 485. The predicted octanol–water partition coefficient (Wildman–Crippen LogP) is 1.90. The molecule has 0 radical (unpaired) electrons. The van der Waals surface area contributed by atoms with Crippen molar-refractivity contribution in [3.05, 3.63) is 10.6 Å². The number of anilines is 1. The van der Waals surface area contributed by atoms with Gasteiger partial charge in [0.1, 0.15) is 4.88 Å². The summed E-state index contributed by atoms with van der Waals surface area (Å²) in [5.74, 6) is -0.766. The molecular weight excluding hydrogens is 278 g/mol. The zero-order valence-corrected chi connectivity index (χ0v) is 12.8. The Kier molecular flexibility index (Phi) is 5.94. The van der Waals surface area contributed by atoms with Crippen LogP contribution in [0.25, 0.3) is 0 Å². The molecule has 0 unspecified atom stereocenters. The highest BCUT2D eigenvalue weighted by molar-refractivity contribution is 7.17. The van der Waals surface area contributed by atoms with Gasteiger partial charge in [0.25, 0.3) is 5.91 Å². The lowest BCUT2D eigenvalue weighted by Gasteiger charge is -2.17. The second-order valence-corrected chi connectivity index (χ2v) is 6.30. The summed E-state index contributed by atoms with van der Waals surface area (Å²) in [4.78, 5) is 27.3. The average molecular weight is 299 g/mol. The topological polar surface area (TPSA) is 105 Å². The van der Waals surface area contributed by atoms with E-state index in [-0.39, 0.29) is 18.2 Å². The van der Waals surface area contributed by atoms with Gasteiger partial charge in [-0.25, -0.2) is 4.98 Å². The van der Waals surface area contributed by atoms with Crippen molar-refractivity contribution < 1.29 is 14.7 Å². The maximum atomic E-state index is 12.0. The summed E-state index contributed by atoms with van der Waals surface area (Å²) < 4.78 is 0. The maximum Gasteiger partial charge on any atom is 0.303 e. The molecule has 7 heteroatoms. The summed E-state index contributed by atoms with van der Waals surface area (Å²) in [5.41, 5.74) is 6.16. The molecular formula is C13H21N3O3S. The summed E-state index contributed by atoms with van der Waals surface area (Å²) in [5, 5.41) is 12.0. The Morgan fingerprint density at radius 1 is 1.45 bits per heavy atom. The van der Waals surface area contributed by atoms with Crippen molar-refractivity contribution in [2.45, 2.75) is 33.6 Å². The lowest BCUT2D eigenvalue weighted by molar-refractivity contribution is -0.138. The molecule has 0 bridgehead atoms. The number of thiazole rings is 1. The monoisotopic (exact) mass is 299 g/mol. The minimum absolute atomic E-state index is 0.0578. The number of rotatable bonds is 7. The number of carboxylic acid groups (broad SMARTS) is 1. The molecule has 1 heterocycles. The molecule has 1 rings (SSSR count). The van der Waals surface area contributed by atoms with Crippen molar-refractivity contribution >= 4 is 28.3 Å². The van der Waals surface area contributed by atoms with Crippen LogP contribution in [0.1, 0.15) is 42.1 Å². The third kappa shape index (κ3) is 5.16. The number of nitrogens with one attached hydrogen (secondary N) is 1. The zero-order valence-electron chi connectivity index (χ0n) is 12.0. The second kappa shape index (κ2) is 7.23. The highest BCUT2D eigenvalue weighted by Gasteiger charge is 2.18. The van der Waals surface area contributed by atoms with Gasteiger partial charge in [-0.1, -0.05) is 25.2 Å². The van der Waals surface area contributed by atoms with E-state index in [4.69, 9.17) is 10.8 Å². The highest BCUT2D eigenvalue weighted by Crippen LogP contribution is 2.20. The SMILES string of the molecule is Cc1nc(N)sc1C(=O)NC[C@H](CC(=O)O)CC(C)C. The van der Waals surface area contributed by atoms with Gasteiger partial charge < -0.3 is 16.2 Å². The number of amides is 1. The molecule has 112 valence electrons.